The lowest BCUT2D eigenvalue weighted by atomic mass is 9.75. The first kappa shape index (κ1) is 23.5. The summed E-state index contributed by atoms with van der Waals surface area (Å²) in [4.78, 5) is 26.5. The number of ether oxygens (including phenoxy) is 1. The fraction of sp³-hybridized carbons (Fsp3) is 0.609. The van der Waals surface area contributed by atoms with Crippen LogP contribution in [0, 0.1) is 29.2 Å². The van der Waals surface area contributed by atoms with E-state index in [1.165, 1.54) is 12.1 Å². The maximum atomic E-state index is 12.8. The summed E-state index contributed by atoms with van der Waals surface area (Å²) in [6.07, 6.45) is 4.19. The molecule has 0 aliphatic heterocycles. The van der Waals surface area contributed by atoms with Crippen molar-refractivity contribution in [3.8, 4) is 11.9 Å². The van der Waals surface area contributed by atoms with E-state index in [0.29, 0.717) is 17.8 Å². The zero-order chi connectivity index (χ0) is 22.3. The fourth-order valence-electron chi connectivity index (χ4n) is 4.10. The Labute approximate surface area is 179 Å². The van der Waals surface area contributed by atoms with Crippen LogP contribution in [0.1, 0.15) is 52.5 Å². The highest BCUT2D eigenvalue weighted by Crippen LogP contribution is 2.35. The standard InChI is InChI=1S/C23H33N3O4/c1-5-26(14-24)22(28)20(13-17-7-9-18(27)10-8-17)25-23(29)30-21-12-16(4)6-11-19(21)15(2)3/h7-10,15-16,19-21,27H,5-6,11-13H2,1-4H3,(H,25,29). The van der Waals surface area contributed by atoms with E-state index in [0.717, 1.165) is 29.7 Å². The molecule has 2 N–H and O–H groups in total. The van der Waals surface area contributed by atoms with E-state index in [1.54, 1.807) is 19.1 Å². The minimum Gasteiger partial charge on any atom is -0.508 e. The first-order chi connectivity index (χ1) is 14.2. The van der Waals surface area contributed by atoms with Gasteiger partial charge in [0.1, 0.15) is 17.9 Å². The number of phenolic OH excluding ortho intramolecular Hbond substituents is 1. The second kappa shape index (κ2) is 10.9. The molecule has 1 saturated carbocycles. The third-order valence-electron chi connectivity index (χ3n) is 5.89. The Morgan fingerprint density at radius 3 is 2.53 bits per heavy atom. The van der Waals surface area contributed by atoms with Crippen molar-refractivity contribution in [3.63, 3.8) is 0 Å². The van der Waals surface area contributed by atoms with Crippen molar-refractivity contribution in [2.45, 2.75) is 65.5 Å². The number of likely N-dealkylation sites (N-methyl/N-ethyl adjacent to an activating group) is 1. The molecule has 30 heavy (non-hydrogen) atoms. The molecule has 2 rings (SSSR count). The van der Waals surface area contributed by atoms with Crippen LogP contribution in [0.25, 0.3) is 0 Å². The van der Waals surface area contributed by atoms with Gasteiger partial charge in [0.15, 0.2) is 6.19 Å². The molecular formula is C23H33N3O4. The first-order valence-electron chi connectivity index (χ1n) is 10.7. The molecule has 0 aromatic heterocycles. The molecule has 2 amide bonds. The topological polar surface area (TPSA) is 103 Å². The lowest BCUT2D eigenvalue weighted by molar-refractivity contribution is -0.130. The van der Waals surface area contributed by atoms with Gasteiger partial charge in [-0.1, -0.05) is 39.3 Å². The van der Waals surface area contributed by atoms with Gasteiger partial charge in [-0.3, -0.25) is 4.79 Å². The summed E-state index contributed by atoms with van der Waals surface area (Å²) in [7, 11) is 0. The number of carbonyl (C=O) groups excluding carboxylic acids is 2. The summed E-state index contributed by atoms with van der Waals surface area (Å²) in [6.45, 7) is 8.35. The molecule has 1 aromatic carbocycles. The normalized spacial score (nSPS) is 22.1. The number of aromatic hydroxyl groups is 1. The molecule has 1 aromatic rings. The highest BCUT2D eigenvalue weighted by molar-refractivity contribution is 5.87. The Morgan fingerprint density at radius 1 is 1.30 bits per heavy atom. The SMILES string of the molecule is CCN(C#N)C(=O)C(Cc1ccc(O)cc1)NC(=O)OC1CC(C)CCC1C(C)C. The molecule has 0 saturated heterocycles. The largest absolute Gasteiger partial charge is 0.508 e. The quantitative estimate of drug-likeness (QED) is 0.521. The molecule has 1 fully saturated rings. The van der Waals surface area contributed by atoms with Crippen LogP contribution < -0.4 is 5.32 Å². The zero-order valence-electron chi connectivity index (χ0n) is 18.3. The number of nitrogens with zero attached hydrogens (tertiary/aromatic N) is 2. The Balaban J connectivity index is 2.13. The van der Waals surface area contributed by atoms with Crippen LogP contribution in [-0.2, 0) is 16.0 Å². The Bertz CT molecular complexity index is 757. The van der Waals surface area contributed by atoms with Crippen molar-refractivity contribution < 1.29 is 19.4 Å². The molecule has 4 unspecified atom stereocenters. The van der Waals surface area contributed by atoms with Crippen molar-refractivity contribution in [1.29, 1.82) is 5.26 Å². The maximum Gasteiger partial charge on any atom is 0.408 e. The van der Waals surface area contributed by atoms with E-state index in [9.17, 15) is 20.0 Å². The second-order valence-corrected chi connectivity index (χ2v) is 8.52. The Morgan fingerprint density at radius 2 is 1.97 bits per heavy atom. The summed E-state index contributed by atoms with van der Waals surface area (Å²) >= 11 is 0. The van der Waals surface area contributed by atoms with Crippen molar-refractivity contribution in [3.05, 3.63) is 29.8 Å². The number of benzene rings is 1. The summed E-state index contributed by atoms with van der Waals surface area (Å²) in [6, 6.07) is 5.48. The van der Waals surface area contributed by atoms with Crippen molar-refractivity contribution >= 4 is 12.0 Å². The van der Waals surface area contributed by atoms with Crippen LogP contribution in [0.5, 0.6) is 5.75 Å². The number of nitriles is 1. The average molecular weight is 416 g/mol. The number of alkyl carbamates (subject to hydrolysis) is 1. The van der Waals surface area contributed by atoms with Crippen LogP contribution in [0.3, 0.4) is 0 Å². The van der Waals surface area contributed by atoms with Gasteiger partial charge in [-0.15, -0.1) is 0 Å². The van der Waals surface area contributed by atoms with E-state index >= 15 is 0 Å². The van der Waals surface area contributed by atoms with Gasteiger partial charge in [-0.05, 0) is 55.2 Å². The smallest absolute Gasteiger partial charge is 0.408 e. The van der Waals surface area contributed by atoms with Crippen molar-refractivity contribution in [1.82, 2.24) is 10.2 Å². The van der Waals surface area contributed by atoms with E-state index in [1.807, 2.05) is 6.19 Å². The molecule has 0 bridgehead atoms. The molecular weight excluding hydrogens is 382 g/mol. The van der Waals surface area contributed by atoms with Gasteiger partial charge in [0.2, 0.25) is 0 Å². The zero-order valence-corrected chi connectivity index (χ0v) is 18.3. The predicted molar refractivity (Wildman–Crippen MR) is 113 cm³/mol. The second-order valence-electron chi connectivity index (χ2n) is 8.52. The Hall–Kier alpha value is -2.75. The van der Waals surface area contributed by atoms with Gasteiger partial charge in [0.25, 0.3) is 5.91 Å². The molecule has 7 heteroatoms. The van der Waals surface area contributed by atoms with E-state index < -0.39 is 18.0 Å². The number of hydrogen-bond donors (Lipinski definition) is 2. The van der Waals surface area contributed by atoms with Gasteiger partial charge in [-0.2, -0.15) is 5.26 Å². The van der Waals surface area contributed by atoms with Crippen LogP contribution in [0.2, 0.25) is 0 Å². The number of carbonyl (C=O) groups is 2. The summed E-state index contributed by atoms with van der Waals surface area (Å²) in [5.41, 5.74) is 0.756. The van der Waals surface area contributed by atoms with E-state index in [4.69, 9.17) is 4.74 Å². The fourth-order valence-corrected chi connectivity index (χ4v) is 4.10. The summed E-state index contributed by atoms with van der Waals surface area (Å²) in [5, 5.41) is 21.4. The van der Waals surface area contributed by atoms with Crippen LogP contribution in [0.4, 0.5) is 4.79 Å². The Kier molecular flexibility index (Phi) is 8.52. The van der Waals surface area contributed by atoms with Gasteiger partial charge in [0, 0.05) is 13.0 Å². The summed E-state index contributed by atoms with van der Waals surface area (Å²) < 4.78 is 5.78. The molecule has 7 nitrogen and oxygen atoms in total. The van der Waals surface area contributed by atoms with Crippen molar-refractivity contribution in [2.75, 3.05) is 6.54 Å². The molecule has 0 radical (unpaired) electrons. The minimum atomic E-state index is -0.930. The summed E-state index contributed by atoms with van der Waals surface area (Å²) in [5.74, 6) is 0.819. The van der Waals surface area contributed by atoms with Crippen LogP contribution >= 0.6 is 0 Å². The molecule has 1 aliphatic carbocycles. The van der Waals surface area contributed by atoms with Crippen molar-refractivity contribution in [2.24, 2.45) is 17.8 Å². The van der Waals surface area contributed by atoms with E-state index in [-0.39, 0.29) is 24.8 Å². The van der Waals surface area contributed by atoms with Gasteiger partial charge < -0.3 is 15.2 Å². The van der Waals surface area contributed by atoms with E-state index in [2.05, 4.69) is 26.1 Å². The maximum absolute atomic E-state index is 12.8. The molecule has 0 spiro atoms. The third kappa shape index (κ3) is 6.38. The van der Waals surface area contributed by atoms with Crippen LogP contribution in [0.15, 0.2) is 24.3 Å². The number of phenols is 1. The van der Waals surface area contributed by atoms with Gasteiger partial charge >= 0.3 is 6.09 Å². The molecule has 164 valence electrons. The third-order valence-corrected chi connectivity index (χ3v) is 5.89. The molecule has 0 heterocycles. The highest BCUT2D eigenvalue weighted by Gasteiger charge is 2.34. The first-order valence-corrected chi connectivity index (χ1v) is 10.7. The van der Waals surface area contributed by atoms with Gasteiger partial charge in [-0.25, -0.2) is 9.69 Å². The number of hydrogen-bond acceptors (Lipinski definition) is 5. The number of amides is 2. The number of nitrogens with one attached hydrogen (secondary N) is 1. The monoisotopic (exact) mass is 415 g/mol. The molecule has 1 aliphatic rings. The lowest BCUT2D eigenvalue weighted by Crippen LogP contribution is -2.50. The lowest BCUT2D eigenvalue weighted by Gasteiger charge is -2.36. The van der Waals surface area contributed by atoms with Crippen LogP contribution in [-0.4, -0.2) is 40.7 Å². The highest BCUT2D eigenvalue weighted by atomic mass is 16.6. The average Bonchev–Trinajstić information content (AvgIpc) is 2.69. The molecule has 4 atom stereocenters. The predicted octanol–water partition coefficient (Wildman–Crippen LogP) is 3.82. The minimum absolute atomic E-state index is 0.118. The van der Waals surface area contributed by atoms with Gasteiger partial charge in [0.05, 0.1) is 0 Å². The number of rotatable bonds is 7.